The molecule has 164 valence electrons. The molecule has 4 aromatic rings. The summed E-state index contributed by atoms with van der Waals surface area (Å²) in [5, 5.41) is 3.40. The molecular formula is C26H28N4O2. The molecule has 6 nitrogen and oxygen atoms in total. The van der Waals surface area contributed by atoms with E-state index in [1.165, 1.54) is 11.3 Å². The summed E-state index contributed by atoms with van der Waals surface area (Å²) in [6.07, 6.45) is 1.96. The first-order valence-corrected chi connectivity index (χ1v) is 10.9. The van der Waals surface area contributed by atoms with Gasteiger partial charge in [-0.25, -0.2) is 0 Å². The van der Waals surface area contributed by atoms with E-state index in [4.69, 9.17) is 14.5 Å². The maximum absolute atomic E-state index is 5.49. The number of nitrogens with one attached hydrogen (secondary N) is 1. The lowest BCUT2D eigenvalue weighted by atomic mass is 10.1. The van der Waals surface area contributed by atoms with E-state index in [1.807, 2.05) is 24.4 Å². The predicted molar refractivity (Wildman–Crippen MR) is 130 cm³/mol. The van der Waals surface area contributed by atoms with Crippen LogP contribution in [0.15, 0.2) is 60.8 Å². The van der Waals surface area contributed by atoms with Gasteiger partial charge >= 0.3 is 0 Å². The number of hydrogen-bond donors (Lipinski definition) is 1. The van der Waals surface area contributed by atoms with Gasteiger partial charge < -0.3 is 24.3 Å². The first-order chi connectivity index (χ1) is 15.7. The van der Waals surface area contributed by atoms with Crippen molar-refractivity contribution in [1.29, 1.82) is 0 Å². The largest absolute Gasteiger partial charge is 0.493 e. The van der Waals surface area contributed by atoms with Crippen LogP contribution in [-0.2, 0) is 7.05 Å². The fourth-order valence-electron chi connectivity index (χ4n) is 4.42. The second-order valence-corrected chi connectivity index (χ2v) is 8.07. The standard InChI is InChI=1S/C26H28N4O2/c1-29-23(19-6-9-25(31-2)26(15-19)32-3)16-22-24(29)14-20(17-28-22)18-4-7-21(8-5-18)30-12-10-27-11-13-30/h4-9,14-17,27H,10-13H2,1-3H3. The zero-order valence-corrected chi connectivity index (χ0v) is 18.8. The normalized spacial score (nSPS) is 14.0. The third-order valence-corrected chi connectivity index (χ3v) is 6.26. The van der Waals surface area contributed by atoms with Gasteiger partial charge in [0.15, 0.2) is 11.5 Å². The zero-order valence-electron chi connectivity index (χ0n) is 18.8. The van der Waals surface area contributed by atoms with Crippen molar-refractivity contribution in [2.24, 2.45) is 7.05 Å². The van der Waals surface area contributed by atoms with Crippen LogP contribution in [0.2, 0.25) is 0 Å². The third-order valence-electron chi connectivity index (χ3n) is 6.26. The maximum atomic E-state index is 5.49. The SMILES string of the molecule is COc1ccc(-c2cc3ncc(-c4ccc(N5CCNCC5)cc4)cc3n2C)cc1OC. The van der Waals surface area contributed by atoms with Gasteiger partial charge in [-0.2, -0.15) is 0 Å². The monoisotopic (exact) mass is 428 g/mol. The molecule has 0 unspecified atom stereocenters. The smallest absolute Gasteiger partial charge is 0.161 e. The summed E-state index contributed by atoms with van der Waals surface area (Å²) in [5.74, 6) is 1.44. The molecule has 6 heteroatoms. The Morgan fingerprint density at radius 3 is 2.25 bits per heavy atom. The van der Waals surface area contributed by atoms with E-state index in [9.17, 15) is 0 Å². The van der Waals surface area contributed by atoms with Gasteiger partial charge in [0.1, 0.15) is 0 Å². The van der Waals surface area contributed by atoms with E-state index in [1.54, 1.807) is 14.2 Å². The number of benzene rings is 2. The maximum Gasteiger partial charge on any atom is 0.161 e. The molecule has 0 radical (unpaired) electrons. The number of anilines is 1. The molecule has 32 heavy (non-hydrogen) atoms. The van der Waals surface area contributed by atoms with Crippen LogP contribution in [0.25, 0.3) is 33.4 Å². The van der Waals surface area contributed by atoms with E-state index in [0.717, 1.165) is 59.8 Å². The second-order valence-electron chi connectivity index (χ2n) is 8.07. The number of ether oxygens (including phenoxy) is 2. The van der Waals surface area contributed by atoms with Crippen LogP contribution < -0.4 is 19.7 Å². The van der Waals surface area contributed by atoms with Crippen LogP contribution in [0.5, 0.6) is 11.5 Å². The lowest BCUT2D eigenvalue weighted by Gasteiger charge is -2.29. The minimum absolute atomic E-state index is 0.716. The molecule has 1 aliphatic heterocycles. The summed E-state index contributed by atoms with van der Waals surface area (Å²) in [7, 11) is 5.38. The average Bonchev–Trinajstić information content (AvgIpc) is 3.20. The van der Waals surface area contributed by atoms with Crippen molar-refractivity contribution in [2.45, 2.75) is 0 Å². The highest BCUT2D eigenvalue weighted by molar-refractivity contribution is 5.87. The minimum atomic E-state index is 0.716. The third kappa shape index (κ3) is 3.67. The van der Waals surface area contributed by atoms with Crippen LogP contribution >= 0.6 is 0 Å². The molecule has 2 aromatic heterocycles. The summed E-state index contributed by atoms with van der Waals surface area (Å²) in [4.78, 5) is 7.18. The Kier molecular flexibility index (Phi) is 5.45. The Morgan fingerprint density at radius 2 is 1.53 bits per heavy atom. The Labute approximate surface area is 188 Å². The minimum Gasteiger partial charge on any atom is -0.493 e. The Balaban J connectivity index is 1.48. The van der Waals surface area contributed by atoms with Gasteiger partial charge in [-0.05, 0) is 48.0 Å². The molecule has 5 rings (SSSR count). The molecule has 1 saturated heterocycles. The van der Waals surface area contributed by atoms with Gasteiger partial charge in [0.2, 0.25) is 0 Å². The predicted octanol–water partition coefficient (Wildman–Crippen LogP) is 4.33. The molecule has 2 aromatic carbocycles. The number of hydrogen-bond acceptors (Lipinski definition) is 5. The Morgan fingerprint density at radius 1 is 0.812 bits per heavy atom. The van der Waals surface area contributed by atoms with E-state index >= 15 is 0 Å². The number of nitrogens with zero attached hydrogens (tertiary/aromatic N) is 3. The number of fused-ring (bicyclic) bond motifs is 1. The highest BCUT2D eigenvalue weighted by atomic mass is 16.5. The van der Waals surface area contributed by atoms with Crippen molar-refractivity contribution in [2.75, 3.05) is 45.3 Å². The molecule has 0 spiro atoms. The average molecular weight is 429 g/mol. The van der Waals surface area contributed by atoms with Crippen molar-refractivity contribution in [3.05, 3.63) is 60.8 Å². The molecule has 0 amide bonds. The molecule has 0 saturated carbocycles. The highest BCUT2D eigenvalue weighted by Gasteiger charge is 2.14. The first kappa shape index (κ1) is 20.4. The van der Waals surface area contributed by atoms with Crippen LogP contribution in [-0.4, -0.2) is 49.9 Å². The van der Waals surface area contributed by atoms with Gasteiger partial charge in [-0.15, -0.1) is 0 Å². The van der Waals surface area contributed by atoms with E-state index in [0.29, 0.717) is 5.75 Å². The van der Waals surface area contributed by atoms with Crippen LogP contribution in [0, 0.1) is 0 Å². The van der Waals surface area contributed by atoms with Crippen molar-refractivity contribution in [3.8, 4) is 33.9 Å². The van der Waals surface area contributed by atoms with Crippen LogP contribution in [0.4, 0.5) is 5.69 Å². The first-order valence-electron chi connectivity index (χ1n) is 10.9. The lowest BCUT2D eigenvalue weighted by molar-refractivity contribution is 0.355. The Bertz CT molecular complexity index is 1240. The van der Waals surface area contributed by atoms with Crippen molar-refractivity contribution < 1.29 is 9.47 Å². The number of methoxy groups -OCH3 is 2. The molecule has 3 heterocycles. The van der Waals surface area contributed by atoms with Gasteiger partial charge in [-0.3, -0.25) is 4.98 Å². The van der Waals surface area contributed by atoms with Gasteiger partial charge in [0, 0.05) is 56.2 Å². The quantitative estimate of drug-likeness (QED) is 0.513. The topological polar surface area (TPSA) is 51.5 Å². The number of aromatic nitrogens is 2. The zero-order chi connectivity index (χ0) is 22.1. The lowest BCUT2D eigenvalue weighted by Crippen LogP contribution is -2.43. The number of aryl methyl sites for hydroxylation is 1. The summed E-state index contributed by atoms with van der Waals surface area (Å²) in [6, 6.07) is 19.1. The summed E-state index contributed by atoms with van der Waals surface area (Å²) in [5.41, 5.74) is 7.78. The fraction of sp³-hybridized carbons (Fsp3) is 0.269. The van der Waals surface area contributed by atoms with E-state index in [-0.39, 0.29) is 0 Å². The molecule has 1 fully saturated rings. The molecule has 1 aliphatic rings. The number of rotatable bonds is 5. The van der Waals surface area contributed by atoms with Gasteiger partial charge in [0.25, 0.3) is 0 Å². The summed E-state index contributed by atoms with van der Waals surface area (Å²) in [6.45, 7) is 4.18. The molecule has 1 N–H and O–H groups in total. The van der Waals surface area contributed by atoms with Gasteiger partial charge in [0.05, 0.1) is 30.9 Å². The Hall–Kier alpha value is -3.51. The molecule has 0 atom stereocenters. The highest BCUT2D eigenvalue weighted by Crippen LogP contribution is 2.35. The molecule has 0 aliphatic carbocycles. The van der Waals surface area contributed by atoms with Crippen LogP contribution in [0.3, 0.4) is 0 Å². The fourth-order valence-corrected chi connectivity index (χ4v) is 4.42. The van der Waals surface area contributed by atoms with Gasteiger partial charge in [-0.1, -0.05) is 12.1 Å². The van der Waals surface area contributed by atoms with Crippen molar-refractivity contribution in [1.82, 2.24) is 14.9 Å². The molecular weight excluding hydrogens is 400 g/mol. The number of pyridine rings is 1. The summed E-state index contributed by atoms with van der Waals surface area (Å²) < 4.78 is 13.0. The van der Waals surface area contributed by atoms with Crippen molar-refractivity contribution in [3.63, 3.8) is 0 Å². The second kappa shape index (κ2) is 8.55. The van der Waals surface area contributed by atoms with E-state index in [2.05, 4.69) is 58.2 Å². The van der Waals surface area contributed by atoms with Crippen molar-refractivity contribution >= 4 is 16.7 Å². The number of piperazine rings is 1. The summed E-state index contributed by atoms with van der Waals surface area (Å²) >= 11 is 0. The molecule has 0 bridgehead atoms. The van der Waals surface area contributed by atoms with Crippen LogP contribution in [0.1, 0.15) is 0 Å². The van der Waals surface area contributed by atoms with E-state index < -0.39 is 0 Å².